The number of hydrogen-bond donors (Lipinski definition) is 2. The summed E-state index contributed by atoms with van der Waals surface area (Å²) in [5.74, 6) is 3.20. The Hall–Kier alpha value is -2.64. The molecule has 0 radical (unpaired) electrons. The Morgan fingerprint density at radius 3 is 3.00 bits per heavy atom. The van der Waals surface area contributed by atoms with E-state index in [1.54, 1.807) is 6.07 Å². The highest BCUT2D eigenvalue weighted by atomic mass is 19.1. The number of hydrogen-bond acceptors (Lipinski definition) is 4. The summed E-state index contributed by atoms with van der Waals surface area (Å²) in [4.78, 5) is 4.65. The van der Waals surface area contributed by atoms with E-state index in [4.69, 9.17) is 4.74 Å². The van der Waals surface area contributed by atoms with Crippen LogP contribution in [0.3, 0.4) is 0 Å². The van der Waals surface area contributed by atoms with Crippen molar-refractivity contribution in [2.24, 2.45) is 10.9 Å². The van der Waals surface area contributed by atoms with Gasteiger partial charge in [0, 0.05) is 19.5 Å². The number of halogens is 1. The largest absolute Gasteiger partial charge is 0.490 e. The second kappa shape index (κ2) is 8.80. The topological polar surface area (TPSA) is 76.4 Å². The van der Waals surface area contributed by atoms with E-state index in [1.807, 2.05) is 19.9 Å². The minimum absolute atomic E-state index is 0.108. The van der Waals surface area contributed by atoms with E-state index in [2.05, 4.69) is 30.4 Å². The Bertz CT molecular complexity index is 876. The fourth-order valence-corrected chi connectivity index (χ4v) is 3.48. The minimum atomic E-state index is -0.322. The van der Waals surface area contributed by atoms with Crippen molar-refractivity contribution in [3.63, 3.8) is 0 Å². The minimum Gasteiger partial charge on any atom is -0.490 e. The molecule has 0 saturated heterocycles. The van der Waals surface area contributed by atoms with Gasteiger partial charge in [0.15, 0.2) is 23.4 Å². The van der Waals surface area contributed by atoms with Crippen LogP contribution >= 0.6 is 0 Å². The average Bonchev–Trinajstić information content (AvgIpc) is 3.28. The fraction of sp³-hybridized carbons (Fsp3) is 0.571. The van der Waals surface area contributed by atoms with Gasteiger partial charge in [-0.25, -0.2) is 9.38 Å². The Labute approximate surface area is 170 Å². The highest BCUT2D eigenvalue weighted by molar-refractivity contribution is 5.80. The molecule has 1 atom stereocenters. The maximum absolute atomic E-state index is 14.4. The molecule has 2 aromatic rings. The predicted octanol–water partition coefficient (Wildman–Crippen LogP) is 2.97. The number of nitrogens with zero attached hydrogens (tertiary/aromatic N) is 4. The van der Waals surface area contributed by atoms with Gasteiger partial charge < -0.3 is 19.9 Å². The van der Waals surface area contributed by atoms with E-state index in [-0.39, 0.29) is 11.9 Å². The Balaban J connectivity index is 1.39. The van der Waals surface area contributed by atoms with Crippen LogP contribution in [0.25, 0.3) is 0 Å². The number of ether oxygens (including phenoxy) is 1. The van der Waals surface area contributed by atoms with Gasteiger partial charge in [-0.3, -0.25) is 0 Å². The molecule has 1 aromatic heterocycles. The van der Waals surface area contributed by atoms with Crippen LogP contribution in [-0.2, 0) is 19.5 Å². The maximum Gasteiger partial charge on any atom is 0.192 e. The van der Waals surface area contributed by atoms with Crippen LogP contribution in [0.5, 0.6) is 5.75 Å². The molecule has 1 unspecified atom stereocenters. The summed E-state index contributed by atoms with van der Waals surface area (Å²) in [5, 5.41) is 15.1. The number of aliphatic imine (C=N–C) groups is 1. The Morgan fingerprint density at radius 2 is 2.24 bits per heavy atom. The SMILES string of the molecule is CCNC(=NCc1nnc2n1CCC2)NC(C)c1ccc(OCC2CC2)c(F)c1. The normalized spacial score (nSPS) is 17.1. The average molecular weight is 401 g/mol. The van der Waals surface area contributed by atoms with E-state index in [9.17, 15) is 4.39 Å². The van der Waals surface area contributed by atoms with Crippen LogP contribution in [-0.4, -0.2) is 33.9 Å². The molecule has 1 aliphatic carbocycles. The number of nitrogens with one attached hydrogen (secondary N) is 2. The maximum atomic E-state index is 14.4. The molecule has 1 aliphatic heterocycles. The first-order valence-electron chi connectivity index (χ1n) is 10.5. The van der Waals surface area contributed by atoms with Crippen molar-refractivity contribution in [2.75, 3.05) is 13.2 Å². The van der Waals surface area contributed by atoms with Crippen molar-refractivity contribution in [3.05, 3.63) is 41.2 Å². The van der Waals surface area contributed by atoms with Gasteiger partial charge in [0.2, 0.25) is 0 Å². The molecule has 156 valence electrons. The zero-order valence-corrected chi connectivity index (χ0v) is 17.1. The summed E-state index contributed by atoms with van der Waals surface area (Å²) in [5.41, 5.74) is 0.843. The fourth-order valence-electron chi connectivity index (χ4n) is 3.48. The predicted molar refractivity (Wildman–Crippen MR) is 109 cm³/mol. The molecule has 8 heteroatoms. The third-order valence-corrected chi connectivity index (χ3v) is 5.39. The molecule has 4 rings (SSSR count). The van der Waals surface area contributed by atoms with Crippen molar-refractivity contribution in [2.45, 2.75) is 58.7 Å². The van der Waals surface area contributed by atoms with Crippen LogP contribution < -0.4 is 15.4 Å². The van der Waals surface area contributed by atoms with Gasteiger partial charge in [0.25, 0.3) is 0 Å². The smallest absolute Gasteiger partial charge is 0.192 e. The second-order valence-corrected chi connectivity index (χ2v) is 7.79. The van der Waals surface area contributed by atoms with E-state index >= 15 is 0 Å². The first kappa shape index (κ1) is 19.7. The molecule has 7 nitrogen and oxygen atoms in total. The van der Waals surface area contributed by atoms with Gasteiger partial charge in [-0.2, -0.15) is 0 Å². The first-order valence-corrected chi connectivity index (χ1v) is 10.5. The van der Waals surface area contributed by atoms with Crippen molar-refractivity contribution >= 4 is 5.96 Å². The standard InChI is InChI=1S/C21H29FN6O/c1-3-23-21(24-12-20-27-26-19-5-4-10-28(19)20)25-14(2)16-8-9-18(17(22)11-16)29-13-15-6-7-15/h8-9,11,14-15H,3-7,10,12-13H2,1-2H3,(H2,23,24,25). The lowest BCUT2D eigenvalue weighted by atomic mass is 10.1. The van der Waals surface area contributed by atoms with Crippen LogP contribution in [0.1, 0.15) is 56.4 Å². The molecule has 0 spiro atoms. The Morgan fingerprint density at radius 1 is 1.38 bits per heavy atom. The molecule has 2 aliphatic rings. The number of aromatic nitrogens is 3. The van der Waals surface area contributed by atoms with E-state index in [1.165, 1.54) is 18.9 Å². The second-order valence-electron chi connectivity index (χ2n) is 7.79. The van der Waals surface area contributed by atoms with Crippen LogP contribution in [0.2, 0.25) is 0 Å². The summed E-state index contributed by atoms with van der Waals surface area (Å²) >= 11 is 0. The van der Waals surface area contributed by atoms with Gasteiger partial charge in [0.1, 0.15) is 12.4 Å². The molecule has 1 saturated carbocycles. The lowest BCUT2D eigenvalue weighted by molar-refractivity contribution is 0.285. The van der Waals surface area contributed by atoms with Crippen LogP contribution in [0.4, 0.5) is 4.39 Å². The summed E-state index contributed by atoms with van der Waals surface area (Å²) in [6.45, 7) is 6.76. The summed E-state index contributed by atoms with van der Waals surface area (Å²) in [6.07, 6.45) is 4.47. The van der Waals surface area contributed by atoms with Gasteiger partial charge in [-0.15, -0.1) is 10.2 Å². The number of fused-ring (bicyclic) bond motifs is 1. The van der Waals surface area contributed by atoms with E-state index in [0.717, 1.165) is 43.1 Å². The van der Waals surface area contributed by atoms with E-state index in [0.29, 0.717) is 30.8 Å². The monoisotopic (exact) mass is 400 g/mol. The quantitative estimate of drug-likeness (QED) is 0.526. The highest BCUT2D eigenvalue weighted by Crippen LogP contribution is 2.30. The summed E-state index contributed by atoms with van der Waals surface area (Å²) in [6, 6.07) is 5.05. The molecule has 1 aromatic carbocycles. The molecule has 0 bridgehead atoms. The number of aryl methyl sites for hydroxylation is 1. The molecular formula is C21H29FN6O. The number of benzene rings is 1. The first-order chi connectivity index (χ1) is 14.1. The van der Waals surface area contributed by atoms with Crippen molar-refractivity contribution in [3.8, 4) is 5.75 Å². The van der Waals surface area contributed by atoms with Gasteiger partial charge in [0.05, 0.1) is 12.6 Å². The highest BCUT2D eigenvalue weighted by Gasteiger charge is 2.22. The molecule has 2 N–H and O–H groups in total. The number of rotatable bonds is 8. The van der Waals surface area contributed by atoms with Crippen molar-refractivity contribution in [1.82, 2.24) is 25.4 Å². The summed E-state index contributed by atoms with van der Waals surface area (Å²) in [7, 11) is 0. The van der Waals surface area contributed by atoms with Gasteiger partial charge >= 0.3 is 0 Å². The molecular weight excluding hydrogens is 371 g/mol. The van der Waals surface area contributed by atoms with Crippen molar-refractivity contribution < 1.29 is 9.13 Å². The molecule has 0 amide bonds. The van der Waals surface area contributed by atoms with Crippen molar-refractivity contribution in [1.29, 1.82) is 0 Å². The molecule has 1 fully saturated rings. The van der Waals surface area contributed by atoms with Crippen LogP contribution in [0.15, 0.2) is 23.2 Å². The lowest BCUT2D eigenvalue weighted by Gasteiger charge is -2.19. The van der Waals surface area contributed by atoms with Gasteiger partial charge in [-0.1, -0.05) is 6.07 Å². The van der Waals surface area contributed by atoms with E-state index < -0.39 is 0 Å². The third-order valence-electron chi connectivity index (χ3n) is 5.39. The lowest BCUT2D eigenvalue weighted by Crippen LogP contribution is -2.38. The molecule has 2 heterocycles. The molecule has 29 heavy (non-hydrogen) atoms. The summed E-state index contributed by atoms with van der Waals surface area (Å²) < 4.78 is 22.1. The zero-order chi connectivity index (χ0) is 20.2. The third kappa shape index (κ3) is 4.86. The Kier molecular flexibility index (Phi) is 5.97. The number of guanidine groups is 1. The zero-order valence-electron chi connectivity index (χ0n) is 17.1. The van der Waals surface area contributed by atoms with Crippen LogP contribution in [0, 0.1) is 11.7 Å². The van der Waals surface area contributed by atoms with Gasteiger partial charge in [-0.05, 0) is 56.7 Å².